The van der Waals surface area contributed by atoms with E-state index in [4.69, 9.17) is 15.2 Å². The highest BCUT2D eigenvalue weighted by molar-refractivity contribution is 7.20. The van der Waals surface area contributed by atoms with Crippen LogP contribution in [-0.4, -0.2) is 37.3 Å². The average Bonchev–Trinajstić information content (AvgIpc) is 3.15. The van der Waals surface area contributed by atoms with Crippen molar-refractivity contribution in [3.05, 3.63) is 23.8 Å². The zero-order chi connectivity index (χ0) is 15.5. The van der Waals surface area contributed by atoms with Crippen LogP contribution in [0.1, 0.15) is 12.0 Å². The molecule has 7 heteroatoms. The molecule has 6 nitrogen and oxygen atoms in total. The van der Waals surface area contributed by atoms with Gasteiger partial charge in [0.1, 0.15) is 0 Å². The first-order valence-electron chi connectivity index (χ1n) is 7.21. The molecule has 0 radical (unpaired) electrons. The summed E-state index contributed by atoms with van der Waals surface area (Å²) >= 11 is 1.50. The Balaban J connectivity index is 1.70. The van der Waals surface area contributed by atoms with Crippen molar-refractivity contribution in [3.8, 4) is 5.19 Å². The minimum Gasteiger partial charge on any atom is -0.473 e. The fourth-order valence-electron chi connectivity index (χ4n) is 2.69. The number of methoxy groups -OCH3 is 1. The van der Waals surface area contributed by atoms with Crippen molar-refractivity contribution in [2.45, 2.75) is 19.0 Å². The number of hydrogen-bond acceptors (Lipinski definition) is 6. The van der Waals surface area contributed by atoms with Crippen molar-refractivity contribution in [3.63, 3.8) is 0 Å². The lowest BCUT2D eigenvalue weighted by Gasteiger charge is -2.20. The number of primary amides is 1. The Morgan fingerprint density at radius 1 is 1.64 bits per heavy atom. The second kappa shape index (κ2) is 6.60. The molecule has 2 unspecified atom stereocenters. The van der Waals surface area contributed by atoms with Gasteiger partial charge >= 0.3 is 0 Å². The Kier molecular flexibility index (Phi) is 4.56. The molecule has 3 rings (SSSR count). The molecule has 1 aromatic heterocycles. The predicted molar refractivity (Wildman–Crippen MR) is 84.9 cm³/mol. The fraction of sp³-hybridized carbons (Fsp3) is 0.467. The molecule has 1 saturated heterocycles. The van der Waals surface area contributed by atoms with E-state index in [2.05, 4.69) is 16.4 Å². The molecule has 2 atom stereocenters. The molecular weight excluding hydrogens is 302 g/mol. The van der Waals surface area contributed by atoms with Gasteiger partial charge < -0.3 is 20.5 Å². The van der Waals surface area contributed by atoms with Crippen LogP contribution in [0.25, 0.3) is 10.2 Å². The topological polar surface area (TPSA) is 86.5 Å². The maximum absolute atomic E-state index is 11.6. The number of thiazole rings is 1. The summed E-state index contributed by atoms with van der Waals surface area (Å²) in [5, 5.41) is 3.91. The zero-order valence-electron chi connectivity index (χ0n) is 12.4. The van der Waals surface area contributed by atoms with Crippen LogP contribution in [0.3, 0.4) is 0 Å². The summed E-state index contributed by atoms with van der Waals surface area (Å²) in [4.78, 5) is 16.0. The van der Waals surface area contributed by atoms with Crippen LogP contribution in [0.4, 0.5) is 0 Å². The highest BCUT2D eigenvalue weighted by Gasteiger charge is 2.29. The molecule has 118 valence electrons. The van der Waals surface area contributed by atoms with Gasteiger partial charge in [0.05, 0.1) is 30.0 Å². The van der Waals surface area contributed by atoms with E-state index < -0.39 is 0 Å². The van der Waals surface area contributed by atoms with Crippen LogP contribution in [-0.2, 0) is 16.1 Å². The summed E-state index contributed by atoms with van der Waals surface area (Å²) in [6.07, 6.45) is 0.867. The molecule has 1 aliphatic rings. The molecule has 1 amide bonds. The Morgan fingerprint density at radius 2 is 2.50 bits per heavy atom. The summed E-state index contributed by atoms with van der Waals surface area (Å²) in [7, 11) is 1.61. The molecule has 1 aromatic carbocycles. The quantitative estimate of drug-likeness (QED) is 0.837. The Hall–Kier alpha value is -1.70. The third-order valence-corrected chi connectivity index (χ3v) is 4.86. The highest BCUT2D eigenvalue weighted by atomic mass is 32.1. The first kappa shape index (κ1) is 15.2. The van der Waals surface area contributed by atoms with E-state index in [1.54, 1.807) is 7.11 Å². The van der Waals surface area contributed by atoms with Crippen molar-refractivity contribution in [2.24, 2.45) is 11.7 Å². The van der Waals surface area contributed by atoms with Gasteiger partial charge in [0.2, 0.25) is 5.91 Å². The maximum Gasteiger partial charge on any atom is 0.274 e. The van der Waals surface area contributed by atoms with Gasteiger partial charge in [-0.1, -0.05) is 17.4 Å². The smallest absolute Gasteiger partial charge is 0.274 e. The number of aromatic nitrogens is 1. The number of rotatable bonds is 6. The second-order valence-electron chi connectivity index (χ2n) is 5.37. The molecule has 0 aliphatic carbocycles. The van der Waals surface area contributed by atoms with Crippen molar-refractivity contribution in [1.82, 2.24) is 10.3 Å². The van der Waals surface area contributed by atoms with Crippen LogP contribution in [0.2, 0.25) is 0 Å². The van der Waals surface area contributed by atoms with E-state index in [1.807, 2.05) is 12.1 Å². The molecule has 3 N–H and O–H groups in total. The predicted octanol–water partition coefficient (Wildman–Crippen LogP) is 1.28. The van der Waals surface area contributed by atoms with Gasteiger partial charge in [-0.15, -0.1) is 0 Å². The van der Waals surface area contributed by atoms with Crippen LogP contribution >= 0.6 is 11.3 Å². The van der Waals surface area contributed by atoms with E-state index in [-0.39, 0.29) is 17.9 Å². The zero-order valence-corrected chi connectivity index (χ0v) is 13.2. The van der Waals surface area contributed by atoms with Gasteiger partial charge in [-0.05, 0) is 24.1 Å². The minimum atomic E-state index is -0.353. The van der Waals surface area contributed by atoms with Crippen molar-refractivity contribution < 1.29 is 14.3 Å². The first-order chi connectivity index (χ1) is 10.7. The monoisotopic (exact) mass is 321 g/mol. The molecule has 1 aliphatic heterocycles. The number of benzene rings is 1. The number of nitrogens with zero attached hydrogens (tertiary/aromatic N) is 1. The summed E-state index contributed by atoms with van der Waals surface area (Å²) in [5.74, 6) is -0.166. The standard InChI is InChI=1S/C15H19N3O3S/c1-20-15-18-11-3-2-9(6-12(11)22-15)7-17-13(14(16)19)10-4-5-21-8-10/h2-3,6,10,13,17H,4-5,7-8H2,1H3,(H2,16,19). The first-order valence-corrected chi connectivity index (χ1v) is 8.03. The molecular formula is C15H19N3O3S. The second-order valence-corrected chi connectivity index (χ2v) is 6.36. The lowest BCUT2D eigenvalue weighted by Crippen LogP contribution is -2.46. The van der Waals surface area contributed by atoms with E-state index in [0.29, 0.717) is 25.0 Å². The van der Waals surface area contributed by atoms with Gasteiger partial charge in [0.15, 0.2) is 0 Å². The number of amides is 1. The number of carbonyl (C=O) groups excluding carboxylic acids is 1. The maximum atomic E-state index is 11.6. The van der Waals surface area contributed by atoms with E-state index in [0.717, 1.165) is 22.2 Å². The largest absolute Gasteiger partial charge is 0.473 e. The molecule has 2 heterocycles. The van der Waals surface area contributed by atoms with E-state index in [1.165, 1.54) is 11.3 Å². The lowest BCUT2D eigenvalue weighted by atomic mass is 9.98. The molecule has 1 fully saturated rings. The normalized spacial score (nSPS) is 19.4. The van der Waals surface area contributed by atoms with Gasteiger partial charge in [0.25, 0.3) is 5.19 Å². The SMILES string of the molecule is COc1nc2ccc(CNC(C(N)=O)C3CCOC3)cc2s1. The van der Waals surface area contributed by atoms with E-state index in [9.17, 15) is 4.79 Å². The van der Waals surface area contributed by atoms with Crippen molar-refractivity contribution in [1.29, 1.82) is 0 Å². The van der Waals surface area contributed by atoms with Gasteiger partial charge in [0, 0.05) is 19.1 Å². The lowest BCUT2D eigenvalue weighted by molar-refractivity contribution is -0.121. The average molecular weight is 321 g/mol. The molecule has 2 aromatic rings. The third-order valence-electron chi connectivity index (χ3n) is 3.88. The summed E-state index contributed by atoms with van der Waals surface area (Å²) < 4.78 is 11.6. The summed E-state index contributed by atoms with van der Waals surface area (Å²) in [6.45, 7) is 1.87. The Bertz CT molecular complexity index is 667. The Morgan fingerprint density at radius 3 is 3.18 bits per heavy atom. The fourth-order valence-corrected chi connectivity index (χ4v) is 3.53. The van der Waals surface area contributed by atoms with Gasteiger partial charge in [-0.3, -0.25) is 4.79 Å². The molecule has 22 heavy (non-hydrogen) atoms. The summed E-state index contributed by atoms with van der Waals surface area (Å²) in [5.41, 5.74) is 7.52. The van der Waals surface area contributed by atoms with Crippen molar-refractivity contribution in [2.75, 3.05) is 20.3 Å². The molecule has 0 bridgehead atoms. The van der Waals surface area contributed by atoms with E-state index >= 15 is 0 Å². The van der Waals surface area contributed by atoms with Crippen LogP contribution in [0.15, 0.2) is 18.2 Å². The van der Waals surface area contributed by atoms with Crippen molar-refractivity contribution >= 4 is 27.5 Å². The van der Waals surface area contributed by atoms with Gasteiger partial charge in [-0.2, -0.15) is 0 Å². The number of fused-ring (bicyclic) bond motifs is 1. The molecule has 0 saturated carbocycles. The van der Waals surface area contributed by atoms with Gasteiger partial charge in [-0.25, -0.2) is 4.98 Å². The third kappa shape index (κ3) is 3.21. The van der Waals surface area contributed by atoms with Crippen LogP contribution in [0.5, 0.6) is 5.19 Å². The Labute approximate surface area is 132 Å². The van der Waals surface area contributed by atoms with Crippen LogP contribution in [0, 0.1) is 5.92 Å². The number of hydrogen-bond donors (Lipinski definition) is 2. The number of nitrogens with one attached hydrogen (secondary N) is 1. The minimum absolute atomic E-state index is 0.157. The number of carbonyl (C=O) groups is 1. The molecule has 0 spiro atoms. The number of nitrogens with two attached hydrogens (primary N) is 1. The highest BCUT2D eigenvalue weighted by Crippen LogP contribution is 2.28. The van der Waals surface area contributed by atoms with Crippen LogP contribution < -0.4 is 15.8 Å². The summed E-state index contributed by atoms with van der Waals surface area (Å²) in [6, 6.07) is 5.67. The number of ether oxygens (including phenoxy) is 2.